The molecule has 134 valence electrons. The van der Waals surface area contributed by atoms with Crippen molar-refractivity contribution < 1.29 is 17.5 Å². The van der Waals surface area contributed by atoms with Crippen molar-refractivity contribution in [2.45, 2.75) is 28.5 Å². The molecule has 0 unspecified atom stereocenters. The van der Waals surface area contributed by atoms with E-state index in [9.17, 15) is 12.8 Å². The van der Waals surface area contributed by atoms with Crippen LogP contribution in [0.2, 0.25) is 5.02 Å². The first-order valence-corrected chi connectivity index (χ1v) is 9.84. The molecule has 3 rings (SSSR count). The summed E-state index contributed by atoms with van der Waals surface area (Å²) < 4.78 is 44.8. The van der Waals surface area contributed by atoms with E-state index in [0.29, 0.717) is 17.2 Å². The molecular formula is C18H19ClFNO3S. The third kappa shape index (κ3) is 3.31. The first-order valence-electron chi connectivity index (χ1n) is 7.92. The van der Waals surface area contributed by atoms with Crippen LogP contribution in [0.3, 0.4) is 0 Å². The maximum Gasteiger partial charge on any atom is 0.183 e. The summed E-state index contributed by atoms with van der Waals surface area (Å²) >= 11 is 5.85. The van der Waals surface area contributed by atoms with Crippen molar-refractivity contribution in [2.24, 2.45) is 5.73 Å². The number of hydrogen-bond donors (Lipinski definition) is 1. The van der Waals surface area contributed by atoms with Crippen molar-refractivity contribution in [1.29, 1.82) is 0 Å². The fraction of sp³-hybridized carbons (Fsp3) is 0.333. The van der Waals surface area contributed by atoms with Crippen LogP contribution in [0.1, 0.15) is 18.4 Å². The lowest BCUT2D eigenvalue weighted by Gasteiger charge is -2.12. The van der Waals surface area contributed by atoms with Crippen LogP contribution in [0.15, 0.2) is 53.4 Å². The van der Waals surface area contributed by atoms with Crippen LogP contribution in [0.5, 0.6) is 0 Å². The Hall–Kier alpha value is -1.47. The first kappa shape index (κ1) is 18.3. The Morgan fingerprint density at radius 3 is 2.32 bits per heavy atom. The molecule has 2 aromatic rings. The van der Waals surface area contributed by atoms with Crippen molar-refractivity contribution >= 4 is 21.4 Å². The molecule has 1 aliphatic carbocycles. The fourth-order valence-corrected chi connectivity index (χ4v) is 5.68. The van der Waals surface area contributed by atoms with Crippen molar-refractivity contribution in [3.63, 3.8) is 0 Å². The standard InChI is InChI=1S/C18H19ClFNO3S/c1-2-24-11-18(21)16(12-3-7-14(20)8-4-12)17(18)25(22,23)15-9-5-13(19)6-10-15/h3-10,16-17H,2,11,21H2,1H3/t16-,17-,18+/m0/s1. The number of rotatable bonds is 6. The molecule has 0 amide bonds. The Labute approximate surface area is 151 Å². The minimum absolute atomic E-state index is 0.114. The number of ether oxygens (including phenoxy) is 1. The largest absolute Gasteiger partial charge is 0.380 e. The van der Waals surface area contributed by atoms with Crippen LogP contribution in [-0.4, -0.2) is 32.4 Å². The molecule has 2 N–H and O–H groups in total. The molecule has 3 atom stereocenters. The molecule has 0 bridgehead atoms. The quantitative estimate of drug-likeness (QED) is 0.831. The molecule has 0 aromatic heterocycles. The molecule has 4 nitrogen and oxygen atoms in total. The maximum absolute atomic E-state index is 13.2. The van der Waals surface area contributed by atoms with Gasteiger partial charge < -0.3 is 10.5 Å². The van der Waals surface area contributed by atoms with E-state index in [-0.39, 0.29) is 17.3 Å². The second-order valence-corrected chi connectivity index (χ2v) is 8.70. The van der Waals surface area contributed by atoms with Crippen molar-refractivity contribution in [3.05, 3.63) is 64.9 Å². The minimum atomic E-state index is -3.69. The van der Waals surface area contributed by atoms with Crippen molar-refractivity contribution in [3.8, 4) is 0 Å². The molecule has 1 saturated carbocycles. The summed E-state index contributed by atoms with van der Waals surface area (Å²) in [4.78, 5) is 0.165. The van der Waals surface area contributed by atoms with Gasteiger partial charge in [-0.2, -0.15) is 0 Å². The molecule has 1 aliphatic rings. The molecular weight excluding hydrogens is 365 g/mol. The summed E-state index contributed by atoms with van der Waals surface area (Å²) in [5.74, 6) is -0.839. The highest BCUT2D eigenvalue weighted by atomic mass is 35.5. The van der Waals surface area contributed by atoms with E-state index in [1.165, 1.54) is 36.4 Å². The number of halogens is 2. The predicted octanol–water partition coefficient (Wildman–Crippen LogP) is 3.15. The normalized spacial score (nSPS) is 25.8. The molecule has 7 heteroatoms. The molecule has 0 spiro atoms. The summed E-state index contributed by atoms with van der Waals surface area (Å²) in [5, 5.41) is -0.378. The van der Waals surface area contributed by atoms with Gasteiger partial charge in [0, 0.05) is 17.5 Å². The Morgan fingerprint density at radius 2 is 1.76 bits per heavy atom. The zero-order chi connectivity index (χ0) is 18.2. The molecule has 0 radical (unpaired) electrons. The van der Waals surface area contributed by atoms with Gasteiger partial charge in [-0.15, -0.1) is 0 Å². The Kier molecular flexibility index (Phi) is 4.90. The zero-order valence-electron chi connectivity index (χ0n) is 13.7. The molecule has 2 aromatic carbocycles. The van der Waals surface area contributed by atoms with Crippen molar-refractivity contribution in [2.75, 3.05) is 13.2 Å². The molecule has 0 heterocycles. The molecule has 25 heavy (non-hydrogen) atoms. The van der Waals surface area contributed by atoms with E-state index < -0.39 is 26.5 Å². The number of hydrogen-bond acceptors (Lipinski definition) is 4. The second kappa shape index (κ2) is 6.68. The van der Waals surface area contributed by atoms with Gasteiger partial charge in [0.2, 0.25) is 0 Å². The number of nitrogens with two attached hydrogens (primary N) is 1. The van der Waals surface area contributed by atoms with Crippen LogP contribution >= 0.6 is 11.6 Å². The highest BCUT2D eigenvalue weighted by Crippen LogP contribution is 2.55. The van der Waals surface area contributed by atoms with E-state index >= 15 is 0 Å². The van der Waals surface area contributed by atoms with Crippen LogP contribution in [0, 0.1) is 5.82 Å². The number of sulfone groups is 1. The van der Waals surface area contributed by atoms with E-state index in [0.717, 1.165) is 0 Å². The molecule has 0 saturated heterocycles. The predicted molar refractivity (Wildman–Crippen MR) is 95.0 cm³/mol. The lowest BCUT2D eigenvalue weighted by molar-refractivity contribution is 0.125. The second-order valence-electron chi connectivity index (χ2n) is 6.20. The molecule has 0 aliphatic heterocycles. The topological polar surface area (TPSA) is 69.4 Å². The van der Waals surface area contributed by atoms with E-state index in [2.05, 4.69) is 0 Å². The van der Waals surface area contributed by atoms with Gasteiger partial charge in [0.15, 0.2) is 9.84 Å². The van der Waals surface area contributed by atoms with Crippen LogP contribution in [0.4, 0.5) is 4.39 Å². The summed E-state index contributed by atoms with van der Waals surface area (Å²) in [6, 6.07) is 11.8. The maximum atomic E-state index is 13.2. The fourth-order valence-electron chi connectivity index (χ4n) is 3.27. The Balaban J connectivity index is 1.99. The summed E-state index contributed by atoms with van der Waals surface area (Å²) in [6.45, 7) is 2.37. The van der Waals surface area contributed by atoms with Gasteiger partial charge in [0.1, 0.15) is 5.82 Å². The first-order chi connectivity index (χ1) is 11.8. The highest BCUT2D eigenvalue weighted by Gasteiger charge is 2.69. The molecule has 1 fully saturated rings. The van der Waals surface area contributed by atoms with Gasteiger partial charge in [-0.1, -0.05) is 23.7 Å². The van der Waals surface area contributed by atoms with E-state index in [4.69, 9.17) is 22.1 Å². The SMILES string of the molecule is CCOC[C@@]1(N)[C@@H](c2ccc(F)cc2)[C@@H]1S(=O)(=O)c1ccc(Cl)cc1. The summed E-state index contributed by atoms with van der Waals surface area (Å²) in [5.41, 5.74) is 6.06. The van der Waals surface area contributed by atoms with Crippen LogP contribution < -0.4 is 5.73 Å². The lowest BCUT2D eigenvalue weighted by Crippen LogP contribution is -2.36. The summed E-state index contributed by atoms with van der Waals surface area (Å²) in [7, 11) is -3.69. The summed E-state index contributed by atoms with van der Waals surface area (Å²) in [6.07, 6.45) is 0. The number of benzene rings is 2. The average molecular weight is 384 g/mol. The van der Waals surface area contributed by atoms with Gasteiger partial charge in [-0.3, -0.25) is 0 Å². The third-order valence-corrected chi connectivity index (χ3v) is 7.12. The van der Waals surface area contributed by atoms with Gasteiger partial charge in [-0.25, -0.2) is 12.8 Å². The zero-order valence-corrected chi connectivity index (χ0v) is 15.2. The smallest absolute Gasteiger partial charge is 0.183 e. The van der Waals surface area contributed by atoms with Crippen LogP contribution in [0.25, 0.3) is 0 Å². The average Bonchev–Trinajstić information content (AvgIpc) is 3.21. The lowest BCUT2D eigenvalue weighted by atomic mass is 10.1. The third-order valence-electron chi connectivity index (χ3n) is 4.56. The van der Waals surface area contributed by atoms with Gasteiger partial charge in [-0.05, 0) is 48.9 Å². The van der Waals surface area contributed by atoms with Gasteiger partial charge in [0.25, 0.3) is 0 Å². The van der Waals surface area contributed by atoms with Gasteiger partial charge in [0.05, 0.1) is 22.3 Å². The Bertz CT molecular complexity index is 855. The van der Waals surface area contributed by atoms with Crippen molar-refractivity contribution in [1.82, 2.24) is 0 Å². The Morgan fingerprint density at radius 1 is 1.16 bits per heavy atom. The highest BCUT2D eigenvalue weighted by molar-refractivity contribution is 7.92. The monoisotopic (exact) mass is 383 g/mol. The van der Waals surface area contributed by atoms with E-state index in [1.807, 2.05) is 6.92 Å². The van der Waals surface area contributed by atoms with Gasteiger partial charge >= 0.3 is 0 Å². The van der Waals surface area contributed by atoms with E-state index in [1.54, 1.807) is 12.1 Å². The minimum Gasteiger partial charge on any atom is -0.380 e. The van der Waals surface area contributed by atoms with Crippen LogP contribution in [-0.2, 0) is 14.6 Å².